The molecule has 23 heavy (non-hydrogen) atoms. The van der Waals surface area contributed by atoms with Gasteiger partial charge in [-0.25, -0.2) is 9.97 Å². The second-order valence-corrected chi connectivity index (χ2v) is 7.16. The van der Waals surface area contributed by atoms with Gasteiger partial charge in [0.15, 0.2) is 10.1 Å². The summed E-state index contributed by atoms with van der Waals surface area (Å²) >= 11 is 2.77. The van der Waals surface area contributed by atoms with Crippen molar-refractivity contribution in [3.05, 3.63) is 57.5 Å². The fraction of sp³-hybridized carbons (Fsp3) is 0.0667. The Labute approximate surface area is 138 Å². The van der Waals surface area contributed by atoms with Crippen molar-refractivity contribution in [2.75, 3.05) is 5.32 Å². The zero-order valence-corrected chi connectivity index (χ0v) is 13.6. The van der Waals surface area contributed by atoms with Gasteiger partial charge in [0.05, 0.1) is 10.2 Å². The van der Waals surface area contributed by atoms with E-state index in [4.69, 9.17) is 0 Å². The average molecular weight is 342 g/mol. The van der Waals surface area contributed by atoms with E-state index in [9.17, 15) is 9.59 Å². The lowest BCUT2D eigenvalue weighted by molar-refractivity contribution is 0.102. The van der Waals surface area contributed by atoms with E-state index in [-0.39, 0.29) is 11.1 Å². The van der Waals surface area contributed by atoms with Crippen LogP contribution in [-0.2, 0) is 0 Å². The number of aromatic nitrogens is 3. The van der Waals surface area contributed by atoms with Crippen molar-refractivity contribution in [2.45, 2.75) is 6.92 Å². The van der Waals surface area contributed by atoms with E-state index >= 15 is 0 Å². The van der Waals surface area contributed by atoms with Crippen molar-refractivity contribution in [1.82, 2.24) is 14.4 Å². The van der Waals surface area contributed by atoms with Crippen LogP contribution in [0, 0.1) is 6.92 Å². The van der Waals surface area contributed by atoms with Gasteiger partial charge >= 0.3 is 0 Å². The molecule has 0 aliphatic heterocycles. The van der Waals surface area contributed by atoms with Crippen LogP contribution in [0.2, 0.25) is 0 Å². The van der Waals surface area contributed by atoms with Gasteiger partial charge in [-0.3, -0.25) is 19.3 Å². The molecule has 0 fully saturated rings. The van der Waals surface area contributed by atoms with Gasteiger partial charge in [0.25, 0.3) is 11.5 Å². The Hall–Kier alpha value is -2.58. The second kappa shape index (κ2) is 5.25. The molecule has 0 radical (unpaired) electrons. The summed E-state index contributed by atoms with van der Waals surface area (Å²) in [6.45, 7) is 1.89. The monoisotopic (exact) mass is 342 g/mol. The van der Waals surface area contributed by atoms with Gasteiger partial charge in [-0.2, -0.15) is 0 Å². The minimum atomic E-state index is -0.500. The molecular formula is C15H10N4O2S2. The smallest absolute Gasteiger partial charge is 0.271 e. The fourth-order valence-electron chi connectivity index (χ4n) is 2.24. The highest BCUT2D eigenvalue weighted by molar-refractivity contribution is 7.22. The topological polar surface area (TPSA) is 76.4 Å². The molecule has 6 nitrogen and oxygen atoms in total. The minimum absolute atomic E-state index is 0.000411. The molecular weight excluding hydrogens is 332 g/mol. The number of hydrogen-bond acceptors (Lipinski definition) is 6. The predicted molar refractivity (Wildman–Crippen MR) is 91.6 cm³/mol. The predicted octanol–water partition coefficient (Wildman–Crippen LogP) is 2.93. The maximum atomic E-state index is 12.4. The van der Waals surface area contributed by atoms with Crippen LogP contribution < -0.4 is 10.9 Å². The van der Waals surface area contributed by atoms with Crippen LogP contribution in [0.4, 0.5) is 5.13 Å². The van der Waals surface area contributed by atoms with Crippen molar-refractivity contribution in [1.29, 1.82) is 0 Å². The highest BCUT2D eigenvalue weighted by atomic mass is 32.1. The molecule has 114 valence electrons. The number of amides is 1. The Bertz CT molecular complexity index is 1080. The standard InChI is InChI=1S/C15H10N4O2S2/c1-8-7-19-13(21)9(6-16-15(19)22-8)12(20)18-14-17-10-4-2-3-5-11(10)23-14/h2-7H,1H3,(H,17,18,20). The second-order valence-electron chi connectivity index (χ2n) is 4.91. The molecule has 3 aromatic heterocycles. The van der Waals surface area contributed by atoms with E-state index in [0.29, 0.717) is 10.1 Å². The first kappa shape index (κ1) is 14.0. The summed E-state index contributed by atoms with van der Waals surface area (Å²) in [5.74, 6) is -0.500. The molecule has 1 N–H and O–H groups in total. The molecule has 0 aliphatic carbocycles. The van der Waals surface area contributed by atoms with Crippen molar-refractivity contribution in [3.63, 3.8) is 0 Å². The Kier molecular flexibility index (Phi) is 3.21. The third kappa shape index (κ3) is 2.41. The molecule has 0 atom stereocenters. The fourth-order valence-corrected chi connectivity index (χ4v) is 3.89. The van der Waals surface area contributed by atoms with Crippen LogP contribution in [0.3, 0.4) is 0 Å². The van der Waals surface area contributed by atoms with E-state index in [1.165, 1.54) is 33.3 Å². The van der Waals surface area contributed by atoms with Crippen LogP contribution in [0.1, 0.15) is 15.2 Å². The zero-order valence-electron chi connectivity index (χ0n) is 11.9. The van der Waals surface area contributed by atoms with Gasteiger partial charge in [0.2, 0.25) is 0 Å². The lowest BCUT2D eigenvalue weighted by atomic mass is 10.3. The van der Waals surface area contributed by atoms with Gasteiger partial charge in [0.1, 0.15) is 5.56 Å². The Morgan fingerprint density at radius 2 is 2.09 bits per heavy atom. The summed E-state index contributed by atoms with van der Waals surface area (Å²) in [7, 11) is 0. The summed E-state index contributed by atoms with van der Waals surface area (Å²) in [5, 5.41) is 3.14. The molecule has 0 bridgehead atoms. The van der Waals surface area contributed by atoms with Crippen LogP contribution in [0.15, 0.2) is 41.5 Å². The van der Waals surface area contributed by atoms with E-state index in [1.54, 1.807) is 6.20 Å². The van der Waals surface area contributed by atoms with E-state index in [1.807, 2.05) is 31.2 Å². The Balaban J connectivity index is 1.71. The molecule has 0 saturated carbocycles. The number of hydrogen-bond donors (Lipinski definition) is 1. The zero-order chi connectivity index (χ0) is 16.0. The molecule has 0 aliphatic rings. The molecule has 4 aromatic rings. The normalized spacial score (nSPS) is 11.2. The van der Waals surface area contributed by atoms with E-state index in [0.717, 1.165) is 15.1 Å². The lowest BCUT2D eigenvalue weighted by Gasteiger charge is -2.01. The highest BCUT2D eigenvalue weighted by Crippen LogP contribution is 2.25. The Morgan fingerprint density at radius 3 is 2.91 bits per heavy atom. The molecule has 0 saturated heterocycles. The third-order valence-electron chi connectivity index (χ3n) is 3.28. The van der Waals surface area contributed by atoms with E-state index < -0.39 is 5.91 Å². The molecule has 4 rings (SSSR count). The number of anilines is 1. The number of carbonyl (C=O) groups excluding carboxylic acids is 1. The highest BCUT2D eigenvalue weighted by Gasteiger charge is 2.16. The number of aryl methyl sites for hydroxylation is 1. The number of benzene rings is 1. The molecule has 0 unspecified atom stereocenters. The summed E-state index contributed by atoms with van der Waals surface area (Å²) in [6.07, 6.45) is 3.00. The first-order valence-corrected chi connectivity index (χ1v) is 8.40. The molecule has 3 heterocycles. The number of fused-ring (bicyclic) bond motifs is 2. The Morgan fingerprint density at radius 1 is 1.26 bits per heavy atom. The maximum Gasteiger partial charge on any atom is 0.271 e. The van der Waals surface area contributed by atoms with Gasteiger partial charge in [-0.05, 0) is 19.1 Å². The number of nitrogens with zero attached hydrogens (tertiary/aromatic N) is 3. The summed E-state index contributed by atoms with van der Waals surface area (Å²) < 4.78 is 2.37. The van der Waals surface area contributed by atoms with Gasteiger partial charge in [-0.1, -0.05) is 23.5 Å². The van der Waals surface area contributed by atoms with Crippen molar-refractivity contribution in [2.24, 2.45) is 0 Å². The van der Waals surface area contributed by atoms with Crippen LogP contribution >= 0.6 is 22.7 Å². The molecule has 1 amide bonds. The lowest BCUT2D eigenvalue weighted by Crippen LogP contribution is -2.25. The van der Waals surface area contributed by atoms with Crippen LogP contribution in [0.25, 0.3) is 15.2 Å². The summed E-state index contributed by atoms with van der Waals surface area (Å²) in [4.78, 5) is 34.8. The molecule has 8 heteroatoms. The SMILES string of the molecule is Cc1cn2c(=O)c(C(=O)Nc3nc4ccccc4s3)cnc2s1. The summed E-state index contributed by atoms with van der Waals surface area (Å²) in [5.41, 5.74) is 0.434. The van der Waals surface area contributed by atoms with Crippen LogP contribution in [-0.4, -0.2) is 20.3 Å². The van der Waals surface area contributed by atoms with Gasteiger partial charge < -0.3 is 0 Å². The average Bonchev–Trinajstić information content (AvgIpc) is 3.09. The first-order chi connectivity index (χ1) is 11.1. The quantitative estimate of drug-likeness (QED) is 0.608. The van der Waals surface area contributed by atoms with Crippen molar-refractivity contribution < 1.29 is 4.79 Å². The molecule has 1 aromatic carbocycles. The van der Waals surface area contributed by atoms with Crippen molar-refractivity contribution >= 4 is 48.9 Å². The maximum absolute atomic E-state index is 12.4. The van der Waals surface area contributed by atoms with Crippen LogP contribution in [0.5, 0.6) is 0 Å². The largest absolute Gasteiger partial charge is 0.298 e. The number of para-hydroxylation sites is 1. The minimum Gasteiger partial charge on any atom is -0.298 e. The number of thiazole rings is 2. The number of rotatable bonds is 2. The first-order valence-electron chi connectivity index (χ1n) is 6.76. The van der Waals surface area contributed by atoms with E-state index in [2.05, 4.69) is 15.3 Å². The summed E-state index contributed by atoms with van der Waals surface area (Å²) in [6, 6.07) is 7.60. The van der Waals surface area contributed by atoms with Gasteiger partial charge in [0, 0.05) is 17.3 Å². The number of carbonyl (C=O) groups is 1. The number of nitrogens with one attached hydrogen (secondary N) is 1. The van der Waals surface area contributed by atoms with Crippen molar-refractivity contribution in [3.8, 4) is 0 Å². The van der Waals surface area contributed by atoms with Gasteiger partial charge in [-0.15, -0.1) is 11.3 Å². The third-order valence-corrected chi connectivity index (χ3v) is 5.15. The molecule has 0 spiro atoms.